The number of rotatable bonds is 7. The molecule has 41 heavy (non-hydrogen) atoms. The highest BCUT2D eigenvalue weighted by Gasteiger charge is 2.22. The summed E-state index contributed by atoms with van der Waals surface area (Å²) in [5.41, 5.74) is 3.80. The van der Waals surface area contributed by atoms with Gasteiger partial charge in [0.2, 0.25) is 0 Å². The van der Waals surface area contributed by atoms with Crippen molar-refractivity contribution in [2.75, 3.05) is 62.0 Å². The van der Waals surface area contributed by atoms with Crippen LogP contribution in [0.2, 0.25) is 0 Å². The van der Waals surface area contributed by atoms with Gasteiger partial charge < -0.3 is 25.2 Å². The maximum Gasteiger partial charge on any atom is 0.258 e. The molecule has 2 saturated heterocycles. The third-order valence-electron chi connectivity index (χ3n) is 7.80. The molecule has 0 aliphatic carbocycles. The fraction of sp³-hybridized carbons (Fsp3) is 0.367. The molecule has 0 atom stereocenters. The average molecular weight is 562 g/mol. The molecular formula is C30H33F2N7O2. The number of likely N-dealkylation sites (N-methyl/N-ethyl adjacent to an activating group) is 1. The van der Waals surface area contributed by atoms with E-state index in [1.165, 1.54) is 12.1 Å². The fourth-order valence-electron chi connectivity index (χ4n) is 5.35. The number of aromatic nitrogens is 3. The number of anilines is 3. The normalized spacial score (nSPS) is 16.7. The van der Waals surface area contributed by atoms with Gasteiger partial charge >= 0.3 is 0 Å². The molecule has 4 aromatic rings. The summed E-state index contributed by atoms with van der Waals surface area (Å²) in [5, 5.41) is 14.3. The molecule has 11 heteroatoms. The molecule has 0 unspecified atom stereocenters. The van der Waals surface area contributed by atoms with Gasteiger partial charge in [0.25, 0.3) is 5.91 Å². The Morgan fingerprint density at radius 1 is 1.05 bits per heavy atom. The van der Waals surface area contributed by atoms with Gasteiger partial charge in [-0.1, -0.05) is 6.07 Å². The third kappa shape index (κ3) is 6.15. The van der Waals surface area contributed by atoms with Crippen LogP contribution in [0.15, 0.2) is 48.5 Å². The number of ether oxygens (including phenoxy) is 1. The van der Waals surface area contributed by atoms with E-state index in [9.17, 15) is 13.6 Å². The summed E-state index contributed by atoms with van der Waals surface area (Å²) in [6, 6.07) is 13.2. The maximum absolute atomic E-state index is 14.1. The molecule has 3 N–H and O–H groups in total. The standard InChI is InChI=1S/C30H33F2N7O2/c1-38-10-12-39(13-11-38)23-5-7-24(27(18-23)33-21-8-14-41-15-9-21)30(40)35-29-25-6-4-22(34-28(25)36-37-29)16-19-2-3-20(31)17-26(19)32/h2-7,17-18,21,33H,8-16H2,1H3,(H2,34,35,36,37,40). The number of hydrogen-bond donors (Lipinski definition) is 3. The molecule has 1 amide bonds. The Hall–Kier alpha value is -4.09. The molecule has 0 spiro atoms. The van der Waals surface area contributed by atoms with E-state index in [-0.39, 0.29) is 18.4 Å². The first-order chi connectivity index (χ1) is 19.9. The van der Waals surface area contributed by atoms with E-state index >= 15 is 0 Å². The van der Waals surface area contributed by atoms with Gasteiger partial charge in [-0.25, -0.2) is 13.8 Å². The van der Waals surface area contributed by atoms with Crippen molar-refractivity contribution in [3.05, 3.63) is 77.0 Å². The summed E-state index contributed by atoms with van der Waals surface area (Å²) >= 11 is 0. The molecule has 2 fully saturated rings. The molecule has 0 saturated carbocycles. The molecule has 6 rings (SSSR count). The maximum atomic E-state index is 14.1. The second-order valence-electron chi connectivity index (χ2n) is 10.7. The van der Waals surface area contributed by atoms with Crippen LogP contribution >= 0.6 is 0 Å². The van der Waals surface area contributed by atoms with Crippen molar-refractivity contribution in [2.24, 2.45) is 0 Å². The van der Waals surface area contributed by atoms with Gasteiger partial charge in [0.1, 0.15) is 11.6 Å². The van der Waals surface area contributed by atoms with Gasteiger partial charge in [-0.2, -0.15) is 5.10 Å². The first-order valence-corrected chi connectivity index (χ1v) is 13.9. The molecule has 4 heterocycles. The summed E-state index contributed by atoms with van der Waals surface area (Å²) in [6.07, 6.45) is 1.95. The van der Waals surface area contributed by atoms with Crippen molar-refractivity contribution in [1.82, 2.24) is 20.1 Å². The zero-order valence-corrected chi connectivity index (χ0v) is 22.9. The Morgan fingerprint density at radius 2 is 1.85 bits per heavy atom. The minimum Gasteiger partial charge on any atom is -0.381 e. The van der Waals surface area contributed by atoms with Gasteiger partial charge in [0, 0.05) is 75.0 Å². The fourth-order valence-corrected chi connectivity index (χ4v) is 5.35. The van der Waals surface area contributed by atoms with Crippen molar-refractivity contribution >= 4 is 34.1 Å². The molecule has 0 radical (unpaired) electrons. The highest BCUT2D eigenvalue weighted by atomic mass is 19.1. The molecule has 2 aliphatic heterocycles. The van der Waals surface area contributed by atoms with Crippen molar-refractivity contribution in [2.45, 2.75) is 25.3 Å². The SMILES string of the molecule is CN1CCN(c2ccc(C(=O)Nc3n[nH]c4nc(Cc5ccc(F)cc5F)ccc34)c(NC3CCOCC3)c2)CC1. The number of amides is 1. The van der Waals surface area contributed by atoms with Gasteiger partial charge in [-0.05, 0) is 61.9 Å². The van der Waals surface area contributed by atoms with Crippen molar-refractivity contribution in [3.63, 3.8) is 0 Å². The summed E-state index contributed by atoms with van der Waals surface area (Å²) < 4.78 is 32.9. The van der Waals surface area contributed by atoms with Crippen LogP contribution in [-0.2, 0) is 11.2 Å². The summed E-state index contributed by atoms with van der Waals surface area (Å²) in [6.45, 7) is 5.23. The number of pyridine rings is 1. The first kappa shape index (κ1) is 27.1. The highest BCUT2D eigenvalue weighted by Crippen LogP contribution is 2.29. The van der Waals surface area contributed by atoms with E-state index in [0.717, 1.165) is 56.5 Å². The topological polar surface area (TPSA) is 98.4 Å². The van der Waals surface area contributed by atoms with Crippen LogP contribution in [0.3, 0.4) is 0 Å². The van der Waals surface area contributed by atoms with Gasteiger partial charge in [-0.3, -0.25) is 9.89 Å². The Labute approximate surface area is 236 Å². The molecular weight excluding hydrogens is 528 g/mol. The number of hydrogen-bond acceptors (Lipinski definition) is 7. The predicted molar refractivity (Wildman–Crippen MR) is 155 cm³/mol. The average Bonchev–Trinajstić information content (AvgIpc) is 3.37. The molecule has 0 bridgehead atoms. The Morgan fingerprint density at radius 3 is 2.63 bits per heavy atom. The van der Waals surface area contributed by atoms with Gasteiger partial charge in [0.05, 0.1) is 10.9 Å². The minimum absolute atomic E-state index is 0.198. The van der Waals surface area contributed by atoms with Crippen molar-refractivity contribution in [1.29, 1.82) is 0 Å². The van der Waals surface area contributed by atoms with Crippen LogP contribution in [0.25, 0.3) is 11.0 Å². The van der Waals surface area contributed by atoms with E-state index in [0.29, 0.717) is 46.9 Å². The number of carbonyl (C=O) groups excluding carboxylic acids is 1. The first-order valence-electron chi connectivity index (χ1n) is 13.9. The van der Waals surface area contributed by atoms with E-state index in [1.54, 1.807) is 12.1 Å². The molecule has 9 nitrogen and oxygen atoms in total. The van der Waals surface area contributed by atoms with Crippen LogP contribution in [-0.4, -0.2) is 78.5 Å². The van der Waals surface area contributed by atoms with Crippen LogP contribution in [0, 0.1) is 11.6 Å². The Kier molecular flexibility index (Phi) is 7.80. The number of fused-ring (bicyclic) bond motifs is 1. The minimum atomic E-state index is -0.622. The van der Waals surface area contributed by atoms with E-state index in [2.05, 4.69) is 48.7 Å². The smallest absolute Gasteiger partial charge is 0.258 e. The summed E-state index contributed by atoms with van der Waals surface area (Å²) in [5.74, 6) is -1.16. The second-order valence-corrected chi connectivity index (χ2v) is 10.7. The van der Waals surface area contributed by atoms with Crippen LogP contribution < -0.4 is 15.5 Å². The lowest BCUT2D eigenvalue weighted by molar-refractivity contribution is 0.0904. The highest BCUT2D eigenvalue weighted by molar-refractivity contribution is 6.10. The second kappa shape index (κ2) is 11.8. The van der Waals surface area contributed by atoms with E-state index in [4.69, 9.17) is 4.74 Å². The number of carbonyl (C=O) groups is 1. The lowest BCUT2D eigenvalue weighted by atomic mass is 10.1. The zero-order valence-electron chi connectivity index (χ0n) is 22.9. The van der Waals surface area contributed by atoms with E-state index < -0.39 is 11.6 Å². The Bertz CT molecular complexity index is 1550. The molecule has 214 valence electrons. The molecule has 2 aromatic carbocycles. The quantitative estimate of drug-likeness (QED) is 0.307. The lowest BCUT2D eigenvalue weighted by Crippen LogP contribution is -2.44. The third-order valence-corrected chi connectivity index (χ3v) is 7.80. The summed E-state index contributed by atoms with van der Waals surface area (Å²) in [4.78, 5) is 22.8. The van der Waals surface area contributed by atoms with Crippen molar-refractivity contribution in [3.8, 4) is 0 Å². The number of benzene rings is 2. The monoisotopic (exact) mass is 561 g/mol. The van der Waals surface area contributed by atoms with Gasteiger partial charge in [-0.15, -0.1) is 0 Å². The lowest BCUT2D eigenvalue weighted by Gasteiger charge is -2.34. The Balaban J connectivity index is 1.22. The van der Waals surface area contributed by atoms with E-state index in [1.807, 2.05) is 12.1 Å². The summed E-state index contributed by atoms with van der Waals surface area (Å²) in [7, 11) is 2.13. The number of aromatic amines is 1. The number of halogens is 2. The number of H-pyrrole nitrogens is 1. The van der Waals surface area contributed by atoms with Crippen LogP contribution in [0.1, 0.15) is 34.5 Å². The number of nitrogens with one attached hydrogen (secondary N) is 3. The molecule has 2 aromatic heterocycles. The van der Waals surface area contributed by atoms with Gasteiger partial charge in [0.15, 0.2) is 11.5 Å². The molecule has 2 aliphatic rings. The largest absolute Gasteiger partial charge is 0.381 e. The predicted octanol–water partition coefficient (Wildman–Crippen LogP) is 4.42. The van der Waals surface area contributed by atoms with Crippen molar-refractivity contribution < 1.29 is 18.3 Å². The number of piperazine rings is 1. The number of nitrogens with zero attached hydrogens (tertiary/aromatic N) is 4. The van der Waals surface area contributed by atoms with Crippen LogP contribution in [0.5, 0.6) is 0 Å². The zero-order chi connectivity index (χ0) is 28.3. The van der Waals surface area contributed by atoms with Crippen LogP contribution in [0.4, 0.5) is 26.0 Å².